The lowest BCUT2D eigenvalue weighted by molar-refractivity contribution is -0.156. The van der Waals surface area contributed by atoms with Gasteiger partial charge in [0.2, 0.25) is 5.91 Å². The monoisotopic (exact) mass is 216 g/mol. The molecule has 2 atom stereocenters. The van der Waals surface area contributed by atoms with Crippen LogP contribution in [0.4, 0.5) is 0 Å². The van der Waals surface area contributed by atoms with Crippen molar-refractivity contribution in [2.75, 3.05) is 13.1 Å². The summed E-state index contributed by atoms with van der Waals surface area (Å²) in [6.07, 6.45) is 1.69. The minimum absolute atomic E-state index is 0.255. The first-order chi connectivity index (χ1) is 6.93. The van der Waals surface area contributed by atoms with Gasteiger partial charge in [-0.2, -0.15) is 0 Å². The molecule has 1 fully saturated rings. The third kappa shape index (κ3) is 3.17. The molecule has 0 aromatic carbocycles. The van der Waals surface area contributed by atoms with Crippen LogP contribution in [0.1, 0.15) is 19.8 Å². The molecule has 0 saturated carbocycles. The van der Waals surface area contributed by atoms with Crippen LogP contribution in [0.3, 0.4) is 0 Å². The van der Waals surface area contributed by atoms with Crippen molar-refractivity contribution in [2.45, 2.75) is 31.4 Å². The zero-order chi connectivity index (χ0) is 11.5. The fourth-order valence-corrected chi connectivity index (χ4v) is 1.37. The summed E-state index contributed by atoms with van der Waals surface area (Å²) in [4.78, 5) is 22.0. The summed E-state index contributed by atoms with van der Waals surface area (Å²) >= 11 is 0. The summed E-state index contributed by atoms with van der Waals surface area (Å²) < 4.78 is 0. The highest BCUT2D eigenvalue weighted by molar-refractivity contribution is 5.83. The van der Waals surface area contributed by atoms with E-state index in [-0.39, 0.29) is 18.5 Å². The van der Waals surface area contributed by atoms with Gasteiger partial charge in [-0.05, 0) is 26.3 Å². The van der Waals surface area contributed by atoms with E-state index in [1.165, 1.54) is 0 Å². The van der Waals surface area contributed by atoms with E-state index < -0.39 is 11.6 Å². The molecule has 1 aliphatic heterocycles. The first kappa shape index (κ1) is 11.9. The SMILES string of the molecule is CC(O)(CNC(=O)[C@H]1CCCN1)C(=O)O. The highest BCUT2D eigenvalue weighted by Gasteiger charge is 2.31. The van der Waals surface area contributed by atoms with E-state index in [4.69, 9.17) is 5.11 Å². The molecule has 0 radical (unpaired) electrons. The number of nitrogens with one attached hydrogen (secondary N) is 2. The lowest BCUT2D eigenvalue weighted by atomic mass is 10.1. The lowest BCUT2D eigenvalue weighted by Gasteiger charge is -2.19. The number of hydrogen-bond donors (Lipinski definition) is 4. The molecule has 15 heavy (non-hydrogen) atoms. The minimum atomic E-state index is -1.91. The van der Waals surface area contributed by atoms with E-state index >= 15 is 0 Å². The Balaban J connectivity index is 2.36. The van der Waals surface area contributed by atoms with E-state index in [0.29, 0.717) is 0 Å². The van der Waals surface area contributed by atoms with Crippen molar-refractivity contribution >= 4 is 11.9 Å². The maximum absolute atomic E-state index is 11.4. The Hall–Kier alpha value is -1.14. The van der Waals surface area contributed by atoms with Crippen LogP contribution in [0, 0.1) is 0 Å². The fraction of sp³-hybridized carbons (Fsp3) is 0.778. The number of rotatable bonds is 4. The normalized spacial score (nSPS) is 24.5. The van der Waals surface area contributed by atoms with Crippen LogP contribution in [0.25, 0.3) is 0 Å². The van der Waals surface area contributed by atoms with Crippen molar-refractivity contribution in [1.82, 2.24) is 10.6 Å². The van der Waals surface area contributed by atoms with Crippen molar-refractivity contribution in [3.8, 4) is 0 Å². The largest absolute Gasteiger partial charge is 0.479 e. The highest BCUT2D eigenvalue weighted by Crippen LogP contribution is 2.06. The topological polar surface area (TPSA) is 98.7 Å². The summed E-state index contributed by atoms with van der Waals surface area (Å²) in [6.45, 7) is 1.67. The van der Waals surface area contributed by atoms with Gasteiger partial charge in [0.15, 0.2) is 5.60 Å². The van der Waals surface area contributed by atoms with Crippen molar-refractivity contribution in [1.29, 1.82) is 0 Å². The van der Waals surface area contributed by atoms with Gasteiger partial charge in [-0.1, -0.05) is 0 Å². The van der Waals surface area contributed by atoms with Gasteiger partial charge in [0.25, 0.3) is 0 Å². The summed E-state index contributed by atoms with van der Waals surface area (Å²) in [5.41, 5.74) is -1.91. The van der Waals surface area contributed by atoms with E-state index in [0.717, 1.165) is 26.3 Å². The van der Waals surface area contributed by atoms with Crippen LogP contribution in [0.5, 0.6) is 0 Å². The van der Waals surface area contributed by atoms with Gasteiger partial charge in [-0.25, -0.2) is 4.79 Å². The van der Waals surface area contributed by atoms with Crippen LogP contribution < -0.4 is 10.6 Å². The van der Waals surface area contributed by atoms with Crippen molar-refractivity contribution < 1.29 is 19.8 Å². The Morgan fingerprint density at radius 2 is 2.27 bits per heavy atom. The predicted octanol–water partition coefficient (Wildman–Crippen LogP) is -1.31. The van der Waals surface area contributed by atoms with Crippen LogP contribution >= 0.6 is 0 Å². The Labute approximate surface area is 87.7 Å². The maximum atomic E-state index is 11.4. The molecular formula is C9H16N2O4. The molecule has 6 nitrogen and oxygen atoms in total. The molecule has 0 bridgehead atoms. The number of carboxylic acids is 1. The van der Waals surface area contributed by atoms with Gasteiger partial charge in [-0.15, -0.1) is 0 Å². The summed E-state index contributed by atoms with van der Waals surface area (Å²) in [5, 5.41) is 23.3. The zero-order valence-corrected chi connectivity index (χ0v) is 8.62. The lowest BCUT2D eigenvalue weighted by Crippen LogP contribution is -2.50. The van der Waals surface area contributed by atoms with Gasteiger partial charge < -0.3 is 20.8 Å². The van der Waals surface area contributed by atoms with Gasteiger partial charge in [0, 0.05) is 0 Å². The predicted molar refractivity (Wildman–Crippen MR) is 52.3 cm³/mol. The molecule has 1 aliphatic rings. The minimum Gasteiger partial charge on any atom is -0.479 e. The molecule has 86 valence electrons. The van der Waals surface area contributed by atoms with Crippen molar-refractivity contribution in [3.63, 3.8) is 0 Å². The van der Waals surface area contributed by atoms with E-state index in [1.807, 2.05) is 0 Å². The Bertz CT molecular complexity index is 259. The number of aliphatic carboxylic acids is 1. The molecule has 0 aliphatic carbocycles. The second kappa shape index (κ2) is 4.59. The fourth-order valence-electron chi connectivity index (χ4n) is 1.37. The molecule has 4 N–H and O–H groups in total. The Morgan fingerprint density at radius 1 is 1.60 bits per heavy atom. The average Bonchev–Trinajstić information content (AvgIpc) is 2.66. The van der Waals surface area contributed by atoms with Gasteiger partial charge >= 0.3 is 5.97 Å². The zero-order valence-electron chi connectivity index (χ0n) is 8.62. The first-order valence-corrected chi connectivity index (χ1v) is 4.90. The summed E-state index contributed by atoms with van der Waals surface area (Å²) in [5.74, 6) is -1.60. The highest BCUT2D eigenvalue weighted by atomic mass is 16.4. The molecule has 1 rings (SSSR count). The van der Waals surface area contributed by atoms with E-state index in [1.54, 1.807) is 0 Å². The number of hydrogen-bond acceptors (Lipinski definition) is 4. The van der Waals surface area contributed by atoms with Crippen LogP contribution in [-0.4, -0.2) is 46.8 Å². The van der Waals surface area contributed by atoms with Gasteiger partial charge in [0.05, 0.1) is 12.6 Å². The molecule has 1 saturated heterocycles. The molecule has 1 unspecified atom stereocenters. The third-order valence-corrected chi connectivity index (χ3v) is 2.44. The second-order valence-electron chi connectivity index (χ2n) is 3.95. The summed E-state index contributed by atoms with van der Waals surface area (Å²) in [6, 6.07) is -0.255. The molecule has 6 heteroatoms. The van der Waals surface area contributed by atoms with Gasteiger partial charge in [0.1, 0.15) is 0 Å². The molecule has 0 aromatic heterocycles. The molecule has 1 amide bonds. The van der Waals surface area contributed by atoms with E-state index in [2.05, 4.69) is 10.6 Å². The molecule has 0 aromatic rings. The number of carbonyl (C=O) groups excluding carboxylic acids is 1. The van der Waals surface area contributed by atoms with Crippen molar-refractivity contribution in [3.05, 3.63) is 0 Å². The number of amides is 1. The summed E-state index contributed by atoms with van der Waals surface area (Å²) in [7, 11) is 0. The van der Waals surface area contributed by atoms with Crippen LogP contribution in [0.2, 0.25) is 0 Å². The average molecular weight is 216 g/mol. The number of carbonyl (C=O) groups is 2. The first-order valence-electron chi connectivity index (χ1n) is 4.90. The Morgan fingerprint density at radius 3 is 2.73 bits per heavy atom. The third-order valence-electron chi connectivity index (χ3n) is 2.44. The smallest absolute Gasteiger partial charge is 0.337 e. The number of aliphatic hydroxyl groups is 1. The molecule has 0 spiro atoms. The quantitative estimate of drug-likeness (QED) is 0.467. The molecular weight excluding hydrogens is 200 g/mol. The second-order valence-corrected chi connectivity index (χ2v) is 3.95. The molecule has 1 heterocycles. The van der Waals surface area contributed by atoms with Crippen LogP contribution in [0.15, 0.2) is 0 Å². The van der Waals surface area contributed by atoms with Crippen molar-refractivity contribution in [2.24, 2.45) is 0 Å². The number of carboxylic acid groups (broad SMARTS) is 1. The maximum Gasteiger partial charge on any atom is 0.337 e. The van der Waals surface area contributed by atoms with Gasteiger partial charge in [-0.3, -0.25) is 4.79 Å². The Kier molecular flexibility index (Phi) is 3.65. The van der Waals surface area contributed by atoms with E-state index in [9.17, 15) is 14.7 Å². The van der Waals surface area contributed by atoms with Crippen LogP contribution in [-0.2, 0) is 9.59 Å². The standard InChI is InChI=1S/C9H16N2O4/c1-9(15,8(13)14)5-11-7(12)6-3-2-4-10-6/h6,10,15H,2-5H2,1H3,(H,11,12)(H,13,14)/t6-,9?/m1/s1.